The number of anilines is 1. The number of carbonyl (C=O) groups is 1. The molecule has 0 aliphatic carbocycles. The molecule has 3 aromatic rings. The number of nitrogens with one attached hydrogen (secondary N) is 1. The van der Waals surface area contributed by atoms with Gasteiger partial charge in [0.1, 0.15) is 13.2 Å². The van der Waals surface area contributed by atoms with E-state index in [1.165, 1.54) is 16.0 Å². The third-order valence-corrected chi connectivity index (χ3v) is 4.91. The Morgan fingerprint density at radius 3 is 2.63 bits per heavy atom. The lowest BCUT2D eigenvalue weighted by Gasteiger charge is -2.09. The van der Waals surface area contributed by atoms with E-state index in [4.69, 9.17) is 9.26 Å². The van der Waals surface area contributed by atoms with E-state index < -0.39 is 0 Å². The van der Waals surface area contributed by atoms with E-state index in [9.17, 15) is 4.79 Å². The van der Waals surface area contributed by atoms with Crippen LogP contribution in [0.3, 0.4) is 0 Å². The van der Waals surface area contributed by atoms with Gasteiger partial charge in [-0.2, -0.15) is 4.98 Å². The average Bonchev–Trinajstić information content (AvgIpc) is 3.05. The first-order valence-electron chi connectivity index (χ1n) is 8.51. The Balaban J connectivity index is 1.49. The Morgan fingerprint density at radius 1 is 1.15 bits per heavy atom. The first-order chi connectivity index (χ1) is 13.0. The maximum Gasteiger partial charge on any atom is 0.252 e. The summed E-state index contributed by atoms with van der Waals surface area (Å²) < 4.78 is 10.2. The van der Waals surface area contributed by atoms with Crippen molar-refractivity contribution >= 4 is 23.4 Å². The molecule has 140 valence electrons. The zero-order valence-corrected chi connectivity index (χ0v) is 16.3. The smallest absolute Gasteiger partial charge is 0.252 e. The number of ether oxygens (including phenoxy) is 1. The Kier molecular flexibility index (Phi) is 6.26. The van der Waals surface area contributed by atoms with Crippen LogP contribution in [-0.2, 0) is 16.1 Å². The molecule has 0 spiro atoms. The van der Waals surface area contributed by atoms with Gasteiger partial charge in [-0.3, -0.25) is 4.79 Å². The van der Waals surface area contributed by atoms with Gasteiger partial charge < -0.3 is 14.6 Å². The third-order valence-electron chi connectivity index (χ3n) is 3.74. The largest absolute Gasteiger partial charge is 0.362 e. The van der Waals surface area contributed by atoms with E-state index >= 15 is 0 Å². The summed E-state index contributed by atoms with van der Waals surface area (Å²) in [5, 5.41) is 6.47. The highest BCUT2D eigenvalue weighted by Crippen LogP contribution is 2.31. The topological polar surface area (TPSA) is 77.2 Å². The van der Waals surface area contributed by atoms with Crippen LogP contribution >= 0.6 is 11.8 Å². The van der Waals surface area contributed by atoms with Crippen LogP contribution in [0.5, 0.6) is 0 Å². The number of hydrogen-bond acceptors (Lipinski definition) is 6. The fourth-order valence-electron chi connectivity index (χ4n) is 2.38. The molecular formula is C20H21N3O3S. The van der Waals surface area contributed by atoms with Crippen LogP contribution in [0.2, 0.25) is 0 Å². The van der Waals surface area contributed by atoms with Crippen molar-refractivity contribution in [2.45, 2.75) is 37.2 Å². The van der Waals surface area contributed by atoms with Gasteiger partial charge in [-0.15, -0.1) is 0 Å². The Bertz CT molecular complexity index is 922. The van der Waals surface area contributed by atoms with Gasteiger partial charge in [0, 0.05) is 15.5 Å². The predicted octanol–water partition coefficient (Wildman–Crippen LogP) is 4.30. The average molecular weight is 383 g/mol. The molecule has 0 aliphatic heterocycles. The molecule has 0 atom stereocenters. The standard InChI is InChI=1S/C20H21N3O3S/c1-13-4-5-14(2)18(10-13)27-17-8-6-16(7-9-17)22-19(24)11-25-12-20-21-15(3)23-26-20/h4-10H,11-12H2,1-3H3,(H,22,24). The Hall–Kier alpha value is -2.64. The van der Waals surface area contributed by atoms with Gasteiger partial charge in [-0.25, -0.2) is 0 Å². The zero-order valence-electron chi connectivity index (χ0n) is 15.5. The van der Waals surface area contributed by atoms with Crippen molar-refractivity contribution < 1.29 is 14.1 Å². The van der Waals surface area contributed by atoms with Crippen LogP contribution in [0.15, 0.2) is 56.8 Å². The summed E-state index contributed by atoms with van der Waals surface area (Å²) in [4.78, 5) is 18.3. The van der Waals surface area contributed by atoms with E-state index in [1.54, 1.807) is 18.7 Å². The minimum Gasteiger partial charge on any atom is -0.362 e. The molecule has 1 amide bonds. The highest BCUT2D eigenvalue weighted by Gasteiger charge is 2.07. The van der Waals surface area contributed by atoms with Crippen molar-refractivity contribution in [2.75, 3.05) is 11.9 Å². The minimum absolute atomic E-state index is 0.0829. The minimum atomic E-state index is -0.235. The molecule has 0 radical (unpaired) electrons. The van der Waals surface area contributed by atoms with Gasteiger partial charge in [0.25, 0.3) is 5.89 Å². The van der Waals surface area contributed by atoms with Crippen molar-refractivity contribution in [1.29, 1.82) is 0 Å². The number of aromatic nitrogens is 2. The first-order valence-corrected chi connectivity index (χ1v) is 9.33. The van der Waals surface area contributed by atoms with Crippen molar-refractivity contribution in [3.8, 4) is 0 Å². The summed E-state index contributed by atoms with van der Waals surface area (Å²) in [7, 11) is 0. The SMILES string of the molecule is Cc1ccc(C)c(Sc2ccc(NC(=O)COCc3nc(C)no3)cc2)c1. The quantitative estimate of drug-likeness (QED) is 0.655. The van der Waals surface area contributed by atoms with Crippen LogP contribution in [0, 0.1) is 20.8 Å². The lowest BCUT2D eigenvalue weighted by Crippen LogP contribution is -2.18. The lowest BCUT2D eigenvalue weighted by molar-refractivity contribution is -0.121. The zero-order chi connectivity index (χ0) is 19.2. The lowest BCUT2D eigenvalue weighted by atomic mass is 10.2. The molecule has 0 bridgehead atoms. The second kappa shape index (κ2) is 8.83. The number of nitrogens with zero attached hydrogens (tertiary/aromatic N) is 2. The van der Waals surface area contributed by atoms with Crippen LogP contribution in [0.25, 0.3) is 0 Å². The van der Waals surface area contributed by atoms with Gasteiger partial charge >= 0.3 is 0 Å². The summed E-state index contributed by atoms with van der Waals surface area (Å²) in [6.45, 7) is 5.94. The Morgan fingerprint density at radius 2 is 1.93 bits per heavy atom. The predicted molar refractivity (Wildman–Crippen MR) is 104 cm³/mol. The molecule has 0 saturated carbocycles. The van der Waals surface area contributed by atoms with Gasteiger partial charge in [0.2, 0.25) is 5.91 Å². The van der Waals surface area contributed by atoms with Crippen LogP contribution in [0.4, 0.5) is 5.69 Å². The number of hydrogen-bond donors (Lipinski definition) is 1. The van der Waals surface area contributed by atoms with E-state index in [0.29, 0.717) is 11.7 Å². The molecular weight excluding hydrogens is 362 g/mol. The van der Waals surface area contributed by atoms with Crippen molar-refractivity contribution in [1.82, 2.24) is 10.1 Å². The third kappa shape index (κ3) is 5.67. The highest BCUT2D eigenvalue weighted by molar-refractivity contribution is 7.99. The van der Waals surface area contributed by atoms with E-state index in [-0.39, 0.29) is 19.1 Å². The number of benzene rings is 2. The highest BCUT2D eigenvalue weighted by atomic mass is 32.2. The number of rotatable bonds is 7. The van der Waals surface area contributed by atoms with Gasteiger partial charge in [0.15, 0.2) is 5.82 Å². The van der Waals surface area contributed by atoms with Crippen LogP contribution in [-0.4, -0.2) is 22.7 Å². The maximum atomic E-state index is 12.0. The Labute approximate surface area is 162 Å². The number of carbonyl (C=O) groups excluding carboxylic acids is 1. The van der Waals surface area contributed by atoms with E-state index in [0.717, 1.165) is 10.6 Å². The summed E-state index contributed by atoms with van der Waals surface area (Å²) in [6.07, 6.45) is 0. The van der Waals surface area contributed by atoms with E-state index in [1.807, 2.05) is 24.3 Å². The molecule has 2 aromatic carbocycles. The van der Waals surface area contributed by atoms with Crippen molar-refractivity contribution in [2.24, 2.45) is 0 Å². The fraction of sp³-hybridized carbons (Fsp3) is 0.250. The summed E-state index contributed by atoms with van der Waals surface area (Å²) in [6, 6.07) is 14.2. The molecule has 3 rings (SSSR count). The van der Waals surface area contributed by atoms with Crippen molar-refractivity contribution in [3.05, 3.63) is 65.3 Å². The fourth-order valence-corrected chi connectivity index (χ4v) is 3.38. The number of amides is 1. The monoisotopic (exact) mass is 383 g/mol. The molecule has 0 saturated heterocycles. The number of aryl methyl sites for hydroxylation is 3. The first kappa shape index (κ1) is 19.1. The molecule has 0 unspecified atom stereocenters. The molecule has 1 heterocycles. The summed E-state index contributed by atoms with van der Waals surface area (Å²) in [5.41, 5.74) is 3.21. The summed E-state index contributed by atoms with van der Waals surface area (Å²) in [5.74, 6) is 0.658. The molecule has 0 fully saturated rings. The van der Waals surface area contributed by atoms with E-state index in [2.05, 4.69) is 47.5 Å². The maximum absolute atomic E-state index is 12.0. The van der Waals surface area contributed by atoms with Crippen molar-refractivity contribution in [3.63, 3.8) is 0 Å². The van der Waals surface area contributed by atoms with Crippen LogP contribution < -0.4 is 5.32 Å². The molecule has 6 nitrogen and oxygen atoms in total. The van der Waals surface area contributed by atoms with Gasteiger partial charge in [0.05, 0.1) is 0 Å². The van der Waals surface area contributed by atoms with Gasteiger partial charge in [-0.05, 0) is 62.2 Å². The molecule has 27 heavy (non-hydrogen) atoms. The molecule has 7 heteroatoms. The molecule has 0 aliphatic rings. The second-order valence-corrected chi connectivity index (χ2v) is 7.29. The summed E-state index contributed by atoms with van der Waals surface area (Å²) >= 11 is 1.71. The second-order valence-electron chi connectivity index (χ2n) is 6.17. The molecule has 1 N–H and O–H groups in total. The normalized spacial score (nSPS) is 10.8. The van der Waals surface area contributed by atoms with Crippen LogP contribution in [0.1, 0.15) is 22.8 Å². The molecule has 1 aromatic heterocycles. The van der Waals surface area contributed by atoms with Gasteiger partial charge in [-0.1, -0.05) is 29.1 Å².